The summed E-state index contributed by atoms with van der Waals surface area (Å²) in [4.78, 5) is 0.655. The second kappa shape index (κ2) is 7.97. The Labute approximate surface area is 161 Å². The molecule has 27 heavy (non-hydrogen) atoms. The number of hydrogen-bond acceptors (Lipinski definition) is 3. The molecule has 3 aromatic carbocycles. The number of nitrogen functional groups attached to an aromatic ring is 1. The molecule has 1 heterocycles. The Morgan fingerprint density at radius 1 is 0.741 bits per heavy atom. The molecule has 0 unspecified atom stereocenters. The van der Waals surface area contributed by atoms with Crippen LogP contribution in [-0.2, 0) is 9.84 Å². The van der Waals surface area contributed by atoms with E-state index in [-0.39, 0.29) is 0 Å². The third kappa shape index (κ3) is 3.76. The van der Waals surface area contributed by atoms with Crippen LogP contribution in [0.15, 0.2) is 76.5 Å². The molecule has 2 N–H and O–H groups in total. The van der Waals surface area contributed by atoms with E-state index in [1.54, 1.807) is 18.2 Å². The molecule has 0 spiro atoms. The quantitative estimate of drug-likeness (QED) is 0.448. The standard InChI is InChI=1S/C18H13NO2S.C5H12/c19-14-7-9-16-15-8-6-13(12-4-2-1-3-5-12)10-17(15)22(20,21)18(16)11-14;1-3-5-4-2/h1-11H,19H2;3-5H2,1-2H3. The van der Waals surface area contributed by atoms with Crippen LogP contribution in [0.1, 0.15) is 33.1 Å². The van der Waals surface area contributed by atoms with Crippen LogP contribution >= 0.6 is 0 Å². The average Bonchev–Trinajstić information content (AvgIpc) is 2.90. The molecule has 0 atom stereocenters. The van der Waals surface area contributed by atoms with Gasteiger partial charge in [0.05, 0.1) is 9.79 Å². The van der Waals surface area contributed by atoms with Gasteiger partial charge in [-0.1, -0.05) is 81.6 Å². The molecule has 140 valence electrons. The zero-order valence-electron chi connectivity index (χ0n) is 15.8. The first-order valence-electron chi connectivity index (χ1n) is 9.33. The molecule has 1 aliphatic heterocycles. The highest BCUT2D eigenvalue weighted by molar-refractivity contribution is 7.92. The third-order valence-corrected chi connectivity index (χ3v) is 6.50. The van der Waals surface area contributed by atoms with Gasteiger partial charge in [-0.05, 0) is 29.3 Å². The van der Waals surface area contributed by atoms with E-state index in [1.807, 2.05) is 42.5 Å². The zero-order chi connectivity index (χ0) is 19.4. The van der Waals surface area contributed by atoms with Crippen molar-refractivity contribution in [2.24, 2.45) is 0 Å². The summed E-state index contributed by atoms with van der Waals surface area (Å²) in [6, 6.07) is 20.4. The molecule has 0 amide bonds. The van der Waals surface area contributed by atoms with Gasteiger partial charge in [0.1, 0.15) is 0 Å². The number of unbranched alkanes of at least 4 members (excludes halogenated alkanes) is 2. The molecule has 4 rings (SSSR count). The van der Waals surface area contributed by atoms with Gasteiger partial charge in [0, 0.05) is 16.8 Å². The Hall–Kier alpha value is -2.59. The van der Waals surface area contributed by atoms with Crippen LogP contribution in [0.25, 0.3) is 22.3 Å². The van der Waals surface area contributed by atoms with Gasteiger partial charge in [0.2, 0.25) is 9.84 Å². The summed E-state index contributed by atoms with van der Waals surface area (Å²) < 4.78 is 25.5. The Bertz CT molecular complexity index is 1040. The summed E-state index contributed by atoms with van der Waals surface area (Å²) in [6.45, 7) is 4.42. The van der Waals surface area contributed by atoms with Crippen molar-refractivity contribution in [2.75, 3.05) is 5.73 Å². The monoisotopic (exact) mass is 379 g/mol. The molecule has 3 nitrogen and oxygen atoms in total. The number of sulfone groups is 1. The summed E-state index contributed by atoms with van der Waals surface area (Å²) in [7, 11) is -3.50. The van der Waals surface area contributed by atoms with Crippen LogP contribution in [-0.4, -0.2) is 8.42 Å². The van der Waals surface area contributed by atoms with E-state index in [9.17, 15) is 8.42 Å². The summed E-state index contributed by atoms with van der Waals surface area (Å²) in [5.41, 5.74) is 9.56. The number of rotatable bonds is 3. The van der Waals surface area contributed by atoms with Crippen molar-refractivity contribution < 1.29 is 8.42 Å². The lowest BCUT2D eigenvalue weighted by atomic mass is 10.0. The van der Waals surface area contributed by atoms with E-state index in [1.165, 1.54) is 25.3 Å². The SMILES string of the molecule is CCCCC.Nc1ccc2c(c1)S(=O)(=O)c1cc(-c3ccccc3)ccc1-2. The maximum absolute atomic E-state index is 12.8. The molecule has 0 saturated carbocycles. The lowest BCUT2D eigenvalue weighted by Crippen LogP contribution is -1.98. The average molecular weight is 380 g/mol. The molecule has 0 radical (unpaired) electrons. The van der Waals surface area contributed by atoms with Crippen LogP contribution in [0.2, 0.25) is 0 Å². The van der Waals surface area contributed by atoms with Gasteiger partial charge in [-0.2, -0.15) is 0 Å². The highest BCUT2D eigenvalue weighted by atomic mass is 32.2. The molecule has 1 aliphatic rings. The largest absolute Gasteiger partial charge is 0.399 e. The van der Waals surface area contributed by atoms with Crippen molar-refractivity contribution in [1.82, 2.24) is 0 Å². The smallest absolute Gasteiger partial charge is 0.207 e. The first-order valence-corrected chi connectivity index (χ1v) is 10.8. The number of nitrogens with two attached hydrogens (primary N) is 1. The van der Waals surface area contributed by atoms with Crippen molar-refractivity contribution in [1.29, 1.82) is 0 Å². The molecule has 0 saturated heterocycles. The second-order valence-corrected chi connectivity index (χ2v) is 8.58. The zero-order valence-corrected chi connectivity index (χ0v) is 16.6. The molecule has 4 heteroatoms. The summed E-state index contributed by atoms with van der Waals surface area (Å²) in [5, 5.41) is 0. The normalized spacial score (nSPS) is 13.3. The van der Waals surface area contributed by atoms with Gasteiger partial charge in [-0.3, -0.25) is 0 Å². The Morgan fingerprint density at radius 2 is 1.33 bits per heavy atom. The molecule has 0 fully saturated rings. The maximum atomic E-state index is 12.8. The Balaban J connectivity index is 0.000000376. The summed E-state index contributed by atoms with van der Waals surface area (Å²) >= 11 is 0. The van der Waals surface area contributed by atoms with Crippen molar-refractivity contribution in [2.45, 2.75) is 42.9 Å². The van der Waals surface area contributed by atoms with Crippen LogP contribution in [0.4, 0.5) is 5.69 Å². The second-order valence-electron chi connectivity index (χ2n) is 6.69. The van der Waals surface area contributed by atoms with Crippen molar-refractivity contribution in [3.8, 4) is 22.3 Å². The van der Waals surface area contributed by atoms with E-state index in [0.29, 0.717) is 15.5 Å². The topological polar surface area (TPSA) is 60.2 Å². The lowest BCUT2D eigenvalue weighted by Gasteiger charge is -2.05. The van der Waals surface area contributed by atoms with Gasteiger partial charge >= 0.3 is 0 Å². The molecular formula is C23H25NO2S. The number of hydrogen-bond donors (Lipinski definition) is 1. The minimum absolute atomic E-state index is 0.299. The lowest BCUT2D eigenvalue weighted by molar-refractivity contribution is 0.599. The third-order valence-electron chi connectivity index (χ3n) is 4.67. The predicted molar refractivity (Wildman–Crippen MR) is 112 cm³/mol. The van der Waals surface area contributed by atoms with Crippen LogP contribution in [0.5, 0.6) is 0 Å². The first-order chi connectivity index (χ1) is 13.0. The Morgan fingerprint density at radius 3 is 1.93 bits per heavy atom. The molecule has 0 bridgehead atoms. The minimum atomic E-state index is -3.50. The Kier molecular flexibility index (Phi) is 5.66. The fourth-order valence-corrected chi connectivity index (χ4v) is 4.98. The number of anilines is 1. The van der Waals surface area contributed by atoms with E-state index < -0.39 is 9.84 Å². The molecule has 0 aromatic heterocycles. The van der Waals surface area contributed by atoms with Crippen molar-refractivity contribution in [3.63, 3.8) is 0 Å². The van der Waals surface area contributed by atoms with E-state index >= 15 is 0 Å². The molecule has 0 aliphatic carbocycles. The van der Waals surface area contributed by atoms with Gasteiger partial charge in [0.25, 0.3) is 0 Å². The summed E-state index contributed by atoms with van der Waals surface area (Å²) in [5.74, 6) is 0. The molecular weight excluding hydrogens is 354 g/mol. The fraction of sp³-hybridized carbons (Fsp3) is 0.217. The van der Waals surface area contributed by atoms with Crippen LogP contribution in [0, 0.1) is 0 Å². The number of fused-ring (bicyclic) bond motifs is 3. The minimum Gasteiger partial charge on any atom is -0.399 e. The van der Waals surface area contributed by atoms with Gasteiger partial charge < -0.3 is 5.73 Å². The van der Waals surface area contributed by atoms with Crippen LogP contribution in [0.3, 0.4) is 0 Å². The van der Waals surface area contributed by atoms with E-state index in [4.69, 9.17) is 5.73 Å². The molecule has 3 aromatic rings. The van der Waals surface area contributed by atoms with Crippen molar-refractivity contribution >= 4 is 15.5 Å². The highest BCUT2D eigenvalue weighted by Crippen LogP contribution is 2.45. The van der Waals surface area contributed by atoms with Gasteiger partial charge in [-0.15, -0.1) is 0 Å². The number of benzene rings is 3. The summed E-state index contributed by atoms with van der Waals surface area (Å²) in [6.07, 6.45) is 4.08. The van der Waals surface area contributed by atoms with Crippen LogP contribution < -0.4 is 5.73 Å². The highest BCUT2D eigenvalue weighted by Gasteiger charge is 2.33. The maximum Gasteiger partial charge on any atom is 0.207 e. The first kappa shape index (κ1) is 19.2. The van der Waals surface area contributed by atoms with Gasteiger partial charge in [-0.25, -0.2) is 8.42 Å². The van der Waals surface area contributed by atoms with Gasteiger partial charge in [0.15, 0.2) is 0 Å². The van der Waals surface area contributed by atoms with Crippen molar-refractivity contribution in [3.05, 3.63) is 66.7 Å². The fourth-order valence-electron chi connectivity index (χ4n) is 3.23. The predicted octanol–water partition coefficient (Wildman–Crippen LogP) is 5.95. The van der Waals surface area contributed by atoms with E-state index in [0.717, 1.165) is 22.3 Å². The van der Waals surface area contributed by atoms with E-state index in [2.05, 4.69) is 13.8 Å².